The second-order valence-corrected chi connectivity index (χ2v) is 2.38. The lowest BCUT2D eigenvalue weighted by Gasteiger charge is -2.04. The molecule has 0 atom stereocenters. The van der Waals surface area contributed by atoms with Crippen LogP contribution in [0, 0.1) is 0 Å². The summed E-state index contributed by atoms with van der Waals surface area (Å²) < 4.78 is 0. The number of aromatic hydroxyl groups is 1. The maximum atomic E-state index is 9.22. The highest BCUT2D eigenvalue weighted by Gasteiger charge is 1.97. The third-order valence-corrected chi connectivity index (χ3v) is 1.41. The Bertz CT molecular complexity index is 240. The first kappa shape index (κ1) is 8.80. The van der Waals surface area contributed by atoms with Crippen LogP contribution in [0.4, 0.5) is 5.82 Å². The molecule has 0 spiro atoms. The van der Waals surface area contributed by atoms with Gasteiger partial charge in [-0.2, -0.15) is 0 Å². The van der Waals surface area contributed by atoms with Crippen LogP contribution >= 0.6 is 0 Å². The van der Waals surface area contributed by atoms with Crippen molar-refractivity contribution >= 4 is 5.82 Å². The lowest BCUT2D eigenvalue weighted by Crippen LogP contribution is -2.04. The zero-order valence-corrected chi connectivity index (χ0v) is 6.70. The van der Waals surface area contributed by atoms with Crippen LogP contribution in [0.15, 0.2) is 18.3 Å². The van der Waals surface area contributed by atoms with Crippen LogP contribution in [0.5, 0.6) is 5.75 Å². The predicted molar refractivity (Wildman–Crippen MR) is 46.1 cm³/mol. The number of nitrogens with zero attached hydrogens (tertiary/aromatic N) is 1. The molecule has 66 valence electrons. The average Bonchev–Trinajstić information content (AvgIpc) is 2.09. The van der Waals surface area contributed by atoms with Gasteiger partial charge in [0.05, 0.1) is 0 Å². The monoisotopic (exact) mass is 168 g/mol. The Hall–Kier alpha value is -1.29. The number of aliphatic hydroxyl groups is 1. The molecule has 0 radical (unpaired) electrons. The number of nitrogens with one attached hydrogen (secondary N) is 1. The third kappa shape index (κ3) is 2.39. The number of hydrogen-bond donors (Lipinski definition) is 3. The minimum Gasteiger partial charge on any atom is -0.504 e. The van der Waals surface area contributed by atoms with Gasteiger partial charge in [0, 0.05) is 19.3 Å². The number of rotatable bonds is 4. The van der Waals surface area contributed by atoms with Crippen molar-refractivity contribution in [1.82, 2.24) is 4.98 Å². The molecule has 0 aromatic carbocycles. The van der Waals surface area contributed by atoms with E-state index in [-0.39, 0.29) is 12.4 Å². The summed E-state index contributed by atoms with van der Waals surface area (Å²) in [6, 6.07) is 3.22. The molecule has 0 aliphatic heterocycles. The Morgan fingerprint density at radius 1 is 1.50 bits per heavy atom. The second-order valence-electron chi connectivity index (χ2n) is 2.38. The first-order chi connectivity index (χ1) is 5.84. The van der Waals surface area contributed by atoms with Crippen LogP contribution in [0.3, 0.4) is 0 Å². The topological polar surface area (TPSA) is 65.4 Å². The summed E-state index contributed by atoms with van der Waals surface area (Å²) in [5.41, 5.74) is 0. The van der Waals surface area contributed by atoms with E-state index in [1.807, 2.05) is 0 Å². The fraction of sp³-hybridized carbons (Fsp3) is 0.375. The zero-order chi connectivity index (χ0) is 8.81. The van der Waals surface area contributed by atoms with E-state index in [1.165, 1.54) is 0 Å². The standard InChI is InChI=1S/C8H12N2O2/c11-6-2-5-10-8-7(12)3-1-4-9-8/h1,3-4,11-12H,2,5-6H2,(H,9,10). The fourth-order valence-corrected chi connectivity index (χ4v) is 0.819. The Morgan fingerprint density at radius 3 is 3.00 bits per heavy atom. The largest absolute Gasteiger partial charge is 0.504 e. The van der Waals surface area contributed by atoms with E-state index in [4.69, 9.17) is 5.11 Å². The van der Waals surface area contributed by atoms with Crippen molar-refractivity contribution in [2.24, 2.45) is 0 Å². The Kier molecular flexibility index (Phi) is 3.35. The Balaban J connectivity index is 2.46. The molecule has 4 heteroatoms. The molecule has 0 saturated carbocycles. The lowest BCUT2D eigenvalue weighted by molar-refractivity contribution is 0.292. The summed E-state index contributed by atoms with van der Waals surface area (Å²) in [6.07, 6.45) is 2.25. The third-order valence-electron chi connectivity index (χ3n) is 1.41. The highest BCUT2D eigenvalue weighted by Crippen LogP contribution is 2.17. The van der Waals surface area contributed by atoms with E-state index < -0.39 is 0 Å². The van der Waals surface area contributed by atoms with Crippen LogP contribution in [-0.4, -0.2) is 28.3 Å². The number of pyridine rings is 1. The first-order valence-corrected chi connectivity index (χ1v) is 3.83. The van der Waals surface area contributed by atoms with Crippen molar-refractivity contribution in [2.45, 2.75) is 6.42 Å². The van der Waals surface area contributed by atoms with Crippen LogP contribution in [0.1, 0.15) is 6.42 Å². The van der Waals surface area contributed by atoms with Gasteiger partial charge in [-0.15, -0.1) is 0 Å². The van der Waals surface area contributed by atoms with E-state index in [2.05, 4.69) is 10.3 Å². The molecule has 1 aromatic rings. The number of aromatic nitrogens is 1. The van der Waals surface area contributed by atoms with E-state index in [0.717, 1.165) is 0 Å². The minimum atomic E-state index is 0.135. The fourth-order valence-electron chi connectivity index (χ4n) is 0.819. The smallest absolute Gasteiger partial charge is 0.168 e. The van der Waals surface area contributed by atoms with E-state index >= 15 is 0 Å². The van der Waals surface area contributed by atoms with Gasteiger partial charge < -0.3 is 15.5 Å². The molecule has 0 aliphatic rings. The van der Waals surface area contributed by atoms with Gasteiger partial charge in [-0.1, -0.05) is 0 Å². The van der Waals surface area contributed by atoms with Crippen LogP contribution < -0.4 is 5.32 Å². The quantitative estimate of drug-likeness (QED) is 0.575. The van der Waals surface area contributed by atoms with Crippen molar-refractivity contribution in [2.75, 3.05) is 18.5 Å². The summed E-state index contributed by atoms with van der Waals surface area (Å²) in [5.74, 6) is 0.599. The van der Waals surface area contributed by atoms with Crippen molar-refractivity contribution in [3.8, 4) is 5.75 Å². The van der Waals surface area contributed by atoms with Crippen molar-refractivity contribution in [3.05, 3.63) is 18.3 Å². The van der Waals surface area contributed by atoms with Crippen LogP contribution in [0.25, 0.3) is 0 Å². The van der Waals surface area contributed by atoms with Crippen LogP contribution in [0.2, 0.25) is 0 Å². The molecule has 1 aromatic heterocycles. The normalized spacial score (nSPS) is 9.75. The minimum absolute atomic E-state index is 0.135. The van der Waals surface area contributed by atoms with E-state index in [0.29, 0.717) is 18.8 Å². The summed E-state index contributed by atoms with van der Waals surface area (Å²) >= 11 is 0. The Morgan fingerprint density at radius 2 is 2.33 bits per heavy atom. The molecule has 0 fully saturated rings. The molecule has 3 N–H and O–H groups in total. The summed E-state index contributed by atoms with van der Waals surface area (Å²) in [5, 5.41) is 20.6. The zero-order valence-electron chi connectivity index (χ0n) is 6.70. The van der Waals surface area contributed by atoms with E-state index in [9.17, 15) is 5.11 Å². The van der Waals surface area contributed by atoms with Gasteiger partial charge in [-0.05, 0) is 18.6 Å². The molecular formula is C8H12N2O2. The number of aliphatic hydroxyl groups excluding tert-OH is 1. The number of anilines is 1. The molecule has 4 nitrogen and oxygen atoms in total. The molecule has 0 unspecified atom stereocenters. The van der Waals surface area contributed by atoms with Gasteiger partial charge in [-0.3, -0.25) is 0 Å². The molecule has 1 heterocycles. The summed E-state index contributed by atoms with van der Waals surface area (Å²) in [6.45, 7) is 0.752. The van der Waals surface area contributed by atoms with Gasteiger partial charge in [0.15, 0.2) is 11.6 Å². The molecule has 0 aliphatic carbocycles. The Labute approximate surface area is 70.9 Å². The van der Waals surface area contributed by atoms with Crippen LogP contribution in [-0.2, 0) is 0 Å². The molecular weight excluding hydrogens is 156 g/mol. The van der Waals surface area contributed by atoms with Crippen molar-refractivity contribution in [1.29, 1.82) is 0 Å². The van der Waals surface area contributed by atoms with Gasteiger partial charge in [0.25, 0.3) is 0 Å². The van der Waals surface area contributed by atoms with E-state index in [1.54, 1.807) is 18.3 Å². The van der Waals surface area contributed by atoms with Crippen molar-refractivity contribution in [3.63, 3.8) is 0 Å². The second kappa shape index (κ2) is 4.56. The summed E-state index contributed by atoms with van der Waals surface area (Å²) in [7, 11) is 0. The predicted octanol–water partition coefficient (Wildman–Crippen LogP) is 0.581. The number of hydrogen-bond acceptors (Lipinski definition) is 4. The molecule has 0 amide bonds. The van der Waals surface area contributed by atoms with Gasteiger partial charge in [0.2, 0.25) is 0 Å². The van der Waals surface area contributed by atoms with Gasteiger partial charge in [-0.25, -0.2) is 4.98 Å². The molecule has 1 rings (SSSR count). The highest BCUT2D eigenvalue weighted by molar-refractivity contribution is 5.47. The average molecular weight is 168 g/mol. The molecule has 12 heavy (non-hydrogen) atoms. The van der Waals surface area contributed by atoms with Gasteiger partial charge >= 0.3 is 0 Å². The van der Waals surface area contributed by atoms with Gasteiger partial charge in [0.1, 0.15) is 0 Å². The lowest BCUT2D eigenvalue weighted by atomic mass is 10.4. The summed E-state index contributed by atoms with van der Waals surface area (Å²) in [4.78, 5) is 3.91. The maximum Gasteiger partial charge on any atom is 0.168 e. The molecule has 0 bridgehead atoms. The first-order valence-electron chi connectivity index (χ1n) is 3.83. The highest BCUT2D eigenvalue weighted by atomic mass is 16.3. The maximum absolute atomic E-state index is 9.22. The SMILES string of the molecule is OCCCNc1ncccc1O. The van der Waals surface area contributed by atoms with Crippen molar-refractivity contribution < 1.29 is 10.2 Å². The molecule has 0 saturated heterocycles.